The van der Waals surface area contributed by atoms with Gasteiger partial charge in [-0.3, -0.25) is 0 Å². The minimum Gasteiger partial charge on any atom is -0.396 e. The fourth-order valence-electron chi connectivity index (χ4n) is 0.927. The normalized spacial score (nSPS) is 12.3. The van der Waals surface area contributed by atoms with Crippen molar-refractivity contribution in [2.24, 2.45) is 5.92 Å². The van der Waals surface area contributed by atoms with E-state index >= 15 is 0 Å². The molecule has 0 aliphatic carbocycles. The average Bonchev–Trinajstić information content (AvgIpc) is 2.10. The fraction of sp³-hybridized carbons (Fsp3) is 1.00. The Balaban J connectivity index is 3.62. The summed E-state index contributed by atoms with van der Waals surface area (Å²) < 4.78 is 25.2. The van der Waals surface area contributed by atoms with Crippen molar-refractivity contribution in [2.75, 3.05) is 18.9 Å². The van der Waals surface area contributed by atoms with Gasteiger partial charge < -0.3 is 5.11 Å². The highest BCUT2D eigenvalue weighted by atomic mass is 32.2. The molecule has 0 aliphatic heterocycles. The Kier molecular flexibility index (Phi) is 7.13. The van der Waals surface area contributed by atoms with E-state index in [1.54, 1.807) is 0 Å². The molecule has 0 aromatic carbocycles. The number of aliphatic hydroxyl groups excluding tert-OH is 1. The van der Waals surface area contributed by atoms with Crippen LogP contribution in [-0.4, -0.2) is 32.4 Å². The molecule has 86 valence electrons. The van der Waals surface area contributed by atoms with Gasteiger partial charge in [0.1, 0.15) is 0 Å². The van der Waals surface area contributed by atoms with Crippen LogP contribution < -0.4 is 4.72 Å². The summed E-state index contributed by atoms with van der Waals surface area (Å²) in [6.45, 7) is 4.55. The zero-order valence-electron chi connectivity index (χ0n) is 8.99. The quantitative estimate of drug-likeness (QED) is 0.596. The minimum absolute atomic E-state index is 0.119. The van der Waals surface area contributed by atoms with E-state index in [0.717, 1.165) is 0 Å². The first-order valence-electron chi connectivity index (χ1n) is 5.06. The molecule has 0 bridgehead atoms. The molecule has 0 saturated carbocycles. The molecular weight excluding hydrogens is 202 g/mol. The molecular formula is C9H21NO3S. The van der Waals surface area contributed by atoms with Crippen LogP contribution in [0.25, 0.3) is 0 Å². The Bertz CT molecular complexity index is 224. The van der Waals surface area contributed by atoms with Gasteiger partial charge in [0, 0.05) is 13.2 Å². The molecule has 2 N–H and O–H groups in total. The van der Waals surface area contributed by atoms with Crippen molar-refractivity contribution in [3.05, 3.63) is 0 Å². The monoisotopic (exact) mass is 223 g/mol. The van der Waals surface area contributed by atoms with Crippen LogP contribution in [0.3, 0.4) is 0 Å². The second-order valence-electron chi connectivity index (χ2n) is 3.83. The SMILES string of the molecule is CC(C)CCS(=O)(=O)NCCCCO. The number of aliphatic hydroxyl groups is 1. The van der Waals surface area contributed by atoms with Crippen molar-refractivity contribution in [3.8, 4) is 0 Å². The predicted octanol–water partition coefficient (Wildman–Crippen LogP) is 0.724. The maximum atomic E-state index is 11.3. The molecule has 0 spiro atoms. The first-order chi connectivity index (χ1) is 6.48. The lowest BCUT2D eigenvalue weighted by molar-refractivity contribution is 0.285. The van der Waals surface area contributed by atoms with E-state index in [1.807, 2.05) is 13.8 Å². The topological polar surface area (TPSA) is 66.4 Å². The Morgan fingerprint density at radius 3 is 2.43 bits per heavy atom. The Morgan fingerprint density at radius 1 is 1.29 bits per heavy atom. The molecule has 0 atom stereocenters. The lowest BCUT2D eigenvalue weighted by Gasteiger charge is -2.07. The summed E-state index contributed by atoms with van der Waals surface area (Å²) in [5.74, 6) is 0.605. The Morgan fingerprint density at radius 2 is 1.93 bits per heavy atom. The number of nitrogens with one attached hydrogen (secondary N) is 1. The third-order valence-corrected chi connectivity index (χ3v) is 3.29. The van der Waals surface area contributed by atoms with Gasteiger partial charge in [-0.05, 0) is 25.2 Å². The highest BCUT2D eigenvalue weighted by Crippen LogP contribution is 2.01. The van der Waals surface area contributed by atoms with Gasteiger partial charge in [-0.2, -0.15) is 0 Å². The molecule has 5 heteroatoms. The molecule has 0 aromatic rings. The molecule has 0 rings (SSSR count). The van der Waals surface area contributed by atoms with Crippen LogP contribution in [0.2, 0.25) is 0 Å². The first kappa shape index (κ1) is 13.9. The molecule has 0 radical (unpaired) electrons. The van der Waals surface area contributed by atoms with Crippen molar-refractivity contribution in [3.63, 3.8) is 0 Å². The molecule has 0 heterocycles. The highest BCUT2D eigenvalue weighted by molar-refractivity contribution is 7.89. The summed E-state index contributed by atoms with van der Waals surface area (Å²) >= 11 is 0. The summed E-state index contributed by atoms with van der Waals surface area (Å²) in [4.78, 5) is 0. The van der Waals surface area contributed by atoms with Gasteiger partial charge in [0.05, 0.1) is 5.75 Å². The zero-order chi connectivity index (χ0) is 11.0. The van der Waals surface area contributed by atoms with Crippen molar-refractivity contribution in [1.82, 2.24) is 4.72 Å². The zero-order valence-corrected chi connectivity index (χ0v) is 9.81. The van der Waals surface area contributed by atoms with Crippen LogP contribution >= 0.6 is 0 Å². The third-order valence-electron chi connectivity index (χ3n) is 1.87. The van der Waals surface area contributed by atoms with Crippen molar-refractivity contribution in [2.45, 2.75) is 33.1 Å². The van der Waals surface area contributed by atoms with E-state index in [0.29, 0.717) is 31.7 Å². The van der Waals surface area contributed by atoms with Gasteiger partial charge in [0.25, 0.3) is 0 Å². The Labute approximate surface area is 86.8 Å². The second-order valence-corrected chi connectivity index (χ2v) is 5.75. The lowest BCUT2D eigenvalue weighted by atomic mass is 10.2. The molecule has 14 heavy (non-hydrogen) atoms. The fourth-order valence-corrected chi connectivity index (χ4v) is 2.31. The van der Waals surface area contributed by atoms with Gasteiger partial charge in [0.15, 0.2) is 0 Å². The van der Waals surface area contributed by atoms with E-state index in [4.69, 9.17) is 5.11 Å². The number of rotatable bonds is 8. The lowest BCUT2D eigenvalue weighted by Crippen LogP contribution is -2.28. The summed E-state index contributed by atoms with van der Waals surface area (Å²) in [6.07, 6.45) is 2.03. The molecule has 4 nitrogen and oxygen atoms in total. The van der Waals surface area contributed by atoms with E-state index in [9.17, 15) is 8.42 Å². The van der Waals surface area contributed by atoms with E-state index in [-0.39, 0.29) is 12.4 Å². The van der Waals surface area contributed by atoms with Crippen molar-refractivity contribution < 1.29 is 13.5 Å². The second kappa shape index (κ2) is 7.20. The number of unbranched alkanes of at least 4 members (excludes halogenated alkanes) is 1. The van der Waals surface area contributed by atoms with Gasteiger partial charge >= 0.3 is 0 Å². The first-order valence-corrected chi connectivity index (χ1v) is 6.71. The summed E-state index contributed by atoms with van der Waals surface area (Å²) in [6, 6.07) is 0. The highest BCUT2D eigenvalue weighted by Gasteiger charge is 2.09. The van der Waals surface area contributed by atoms with Crippen LogP contribution in [0, 0.1) is 5.92 Å². The van der Waals surface area contributed by atoms with Crippen LogP contribution in [0.5, 0.6) is 0 Å². The van der Waals surface area contributed by atoms with E-state index < -0.39 is 10.0 Å². The molecule has 0 unspecified atom stereocenters. The molecule has 0 saturated heterocycles. The van der Waals surface area contributed by atoms with Crippen LogP contribution in [0.1, 0.15) is 33.1 Å². The van der Waals surface area contributed by atoms with Gasteiger partial charge in [-0.1, -0.05) is 13.8 Å². The maximum absolute atomic E-state index is 11.3. The molecule has 0 aliphatic rings. The number of hydrogen-bond donors (Lipinski definition) is 2. The largest absolute Gasteiger partial charge is 0.396 e. The minimum atomic E-state index is -3.09. The molecule has 0 aromatic heterocycles. The number of sulfonamides is 1. The van der Waals surface area contributed by atoms with Gasteiger partial charge in [-0.25, -0.2) is 13.1 Å². The summed E-state index contributed by atoms with van der Waals surface area (Å²) in [5.41, 5.74) is 0. The maximum Gasteiger partial charge on any atom is 0.211 e. The summed E-state index contributed by atoms with van der Waals surface area (Å²) in [5, 5.41) is 8.49. The van der Waals surface area contributed by atoms with E-state index in [2.05, 4.69) is 4.72 Å². The molecule has 0 amide bonds. The average molecular weight is 223 g/mol. The predicted molar refractivity (Wildman–Crippen MR) is 57.6 cm³/mol. The molecule has 0 fully saturated rings. The van der Waals surface area contributed by atoms with Crippen LogP contribution in [0.15, 0.2) is 0 Å². The van der Waals surface area contributed by atoms with Gasteiger partial charge in [-0.15, -0.1) is 0 Å². The number of hydrogen-bond acceptors (Lipinski definition) is 3. The van der Waals surface area contributed by atoms with E-state index in [1.165, 1.54) is 0 Å². The van der Waals surface area contributed by atoms with Crippen LogP contribution in [-0.2, 0) is 10.0 Å². The summed E-state index contributed by atoms with van der Waals surface area (Å²) in [7, 11) is -3.09. The van der Waals surface area contributed by atoms with Crippen LogP contribution in [0.4, 0.5) is 0 Å². The third kappa shape index (κ3) is 8.47. The van der Waals surface area contributed by atoms with Crippen molar-refractivity contribution in [1.29, 1.82) is 0 Å². The van der Waals surface area contributed by atoms with Gasteiger partial charge in [0.2, 0.25) is 10.0 Å². The Hall–Kier alpha value is -0.130. The smallest absolute Gasteiger partial charge is 0.211 e. The standard InChI is InChI=1S/C9H21NO3S/c1-9(2)5-8-14(12,13)10-6-3-4-7-11/h9-11H,3-8H2,1-2H3. The van der Waals surface area contributed by atoms with Crippen molar-refractivity contribution >= 4 is 10.0 Å².